The second-order valence-electron chi connectivity index (χ2n) is 5.82. The Balaban J connectivity index is 2.06. The number of hydrazine groups is 1. The molecule has 0 spiro atoms. The molecule has 4 heteroatoms. The Morgan fingerprint density at radius 1 is 1.65 bits per heavy atom. The van der Waals surface area contributed by atoms with E-state index in [0.717, 1.165) is 11.4 Å². The molecule has 0 radical (unpaired) electrons. The SMILES string of the molecule is Cc1nc(CC(NN)C2CCCC2(C)C)cs1. The van der Waals surface area contributed by atoms with E-state index >= 15 is 0 Å². The van der Waals surface area contributed by atoms with Gasteiger partial charge >= 0.3 is 0 Å². The molecule has 0 amide bonds. The maximum atomic E-state index is 5.75. The number of nitrogens with two attached hydrogens (primary N) is 1. The predicted molar refractivity (Wildman–Crippen MR) is 72.8 cm³/mol. The molecule has 1 aromatic heterocycles. The van der Waals surface area contributed by atoms with E-state index in [0.29, 0.717) is 17.4 Å². The van der Waals surface area contributed by atoms with Crippen LogP contribution < -0.4 is 11.3 Å². The Bertz CT molecular complexity index is 372. The van der Waals surface area contributed by atoms with Crippen molar-refractivity contribution in [3.05, 3.63) is 16.1 Å². The van der Waals surface area contributed by atoms with Gasteiger partial charge in [-0.3, -0.25) is 11.3 Å². The molecule has 0 aliphatic heterocycles. The van der Waals surface area contributed by atoms with Crippen molar-refractivity contribution in [3.8, 4) is 0 Å². The van der Waals surface area contributed by atoms with Gasteiger partial charge in [-0.25, -0.2) is 4.98 Å². The summed E-state index contributed by atoms with van der Waals surface area (Å²) in [6, 6.07) is 0.356. The summed E-state index contributed by atoms with van der Waals surface area (Å²) in [5.41, 5.74) is 4.61. The Morgan fingerprint density at radius 2 is 2.41 bits per heavy atom. The third kappa shape index (κ3) is 2.87. The van der Waals surface area contributed by atoms with Crippen LogP contribution in [0, 0.1) is 18.3 Å². The number of aromatic nitrogens is 1. The summed E-state index contributed by atoms with van der Waals surface area (Å²) in [7, 11) is 0. The molecular weight excluding hydrogens is 230 g/mol. The number of aryl methyl sites for hydroxylation is 1. The summed E-state index contributed by atoms with van der Waals surface area (Å²) in [6.45, 7) is 6.78. The fraction of sp³-hybridized carbons (Fsp3) is 0.769. The van der Waals surface area contributed by atoms with Crippen LogP contribution in [0.15, 0.2) is 5.38 Å². The molecule has 2 atom stereocenters. The topological polar surface area (TPSA) is 50.9 Å². The average Bonchev–Trinajstić information content (AvgIpc) is 2.81. The van der Waals surface area contributed by atoms with Gasteiger partial charge in [0.1, 0.15) is 0 Å². The number of thiazole rings is 1. The van der Waals surface area contributed by atoms with Crippen LogP contribution in [-0.4, -0.2) is 11.0 Å². The van der Waals surface area contributed by atoms with E-state index in [1.807, 2.05) is 0 Å². The molecule has 3 nitrogen and oxygen atoms in total. The number of rotatable bonds is 4. The van der Waals surface area contributed by atoms with Crippen molar-refractivity contribution < 1.29 is 0 Å². The summed E-state index contributed by atoms with van der Waals surface area (Å²) in [5.74, 6) is 6.42. The van der Waals surface area contributed by atoms with Gasteiger partial charge in [-0.1, -0.05) is 20.3 Å². The van der Waals surface area contributed by atoms with Gasteiger partial charge in [0.25, 0.3) is 0 Å². The normalized spacial score (nSPS) is 25.1. The van der Waals surface area contributed by atoms with Crippen molar-refractivity contribution in [1.29, 1.82) is 0 Å². The number of nitrogens with zero attached hydrogens (tertiary/aromatic N) is 1. The van der Waals surface area contributed by atoms with Crippen LogP contribution in [0.4, 0.5) is 0 Å². The quantitative estimate of drug-likeness (QED) is 0.640. The summed E-state index contributed by atoms with van der Waals surface area (Å²) >= 11 is 1.72. The molecule has 1 aliphatic rings. The summed E-state index contributed by atoms with van der Waals surface area (Å²) in [6.07, 6.45) is 4.87. The Labute approximate surface area is 108 Å². The highest BCUT2D eigenvalue weighted by molar-refractivity contribution is 7.09. The summed E-state index contributed by atoms with van der Waals surface area (Å²) < 4.78 is 0. The largest absolute Gasteiger partial charge is 0.271 e. The maximum Gasteiger partial charge on any atom is 0.0897 e. The minimum absolute atomic E-state index is 0.356. The monoisotopic (exact) mass is 253 g/mol. The molecule has 1 aliphatic carbocycles. The fourth-order valence-electron chi connectivity index (χ4n) is 3.14. The first kappa shape index (κ1) is 13.0. The lowest BCUT2D eigenvalue weighted by Gasteiger charge is -2.33. The Kier molecular flexibility index (Phi) is 3.85. The summed E-state index contributed by atoms with van der Waals surface area (Å²) in [4.78, 5) is 4.54. The van der Waals surface area contributed by atoms with Crippen molar-refractivity contribution in [2.45, 2.75) is 52.5 Å². The van der Waals surface area contributed by atoms with Crippen molar-refractivity contribution in [3.63, 3.8) is 0 Å². The maximum absolute atomic E-state index is 5.75. The van der Waals surface area contributed by atoms with E-state index in [9.17, 15) is 0 Å². The smallest absolute Gasteiger partial charge is 0.0897 e. The van der Waals surface area contributed by atoms with Gasteiger partial charge in [0.15, 0.2) is 0 Å². The highest BCUT2D eigenvalue weighted by Crippen LogP contribution is 2.44. The molecule has 2 unspecified atom stereocenters. The van der Waals surface area contributed by atoms with Crippen LogP contribution in [0.3, 0.4) is 0 Å². The van der Waals surface area contributed by atoms with E-state index in [2.05, 4.69) is 36.6 Å². The van der Waals surface area contributed by atoms with E-state index in [1.165, 1.54) is 25.0 Å². The molecule has 0 saturated heterocycles. The first-order valence-corrected chi connectivity index (χ1v) is 7.28. The van der Waals surface area contributed by atoms with Crippen LogP contribution in [0.1, 0.15) is 43.8 Å². The van der Waals surface area contributed by atoms with Gasteiger partial charge in [-0.05, 0) is 31.1 Å². The van der Waals surface area contributed by atoms with E-state index in [-0.39, 0.29) is 0 Å². The molecule has 1 fully saturated rings. The van der Waals surface area contributed by atoms with E-state index in [4.69, 9.17) is 5.84 Å². The lowest BCUT2D eigenvalue weighted by molar-refractivity contribution is 0.195. The average molecular weight is 253 g/mol. The first-order valence-electron chi connectivity index (χ1n) is 6.40. The van der Waals surface area contributed by atoms with Crippen LogP contribution >= 0.6 is 11.3 Å². The number of nitrogens with one attached hydrogen (secondary N) is 1. The summed E-state index contributed by atoms with van der Waals surface area (Å²) in [5, 5.41) is 3.29. The van der Waals surface area contributed by atoms with Crippen molar-refractivity contribution in [2.24, 2.45) is 17.2 Å². The Morgan fingerprint density at radius 3 is 2.88 bits per heavy atom. The van der Waals surface area contributed by atoms with Crippen molar-refractivity contribution in [2.75, 3.05) is 0 Å². The third-order valence-corrected chi connectivity index (χ3v) is 4.96. The molecule has 96 valence electrons. The molecular formula is C13H23N3S. The zero-order chi connectivity index (χ0) is 12.5. The fourth-order valence-corrected chi connectivity index (χ4v) is 3.77. The van der Waals surface area contributed by atoms with Crippen LogP contribution in [0.2, 0.25) is 0 Å². The molecule has 1 heterocycles. The van der Waals surface area contributed by atoms with E-state index in [1.54, 1.807) is 11.3 Å². The third-order valence-electron chi connectivity index (χ3n) is 4.14. The molecule has 17 heavy (non-hydrogen) atoms. The lowest BCUT2D eigenvalue weighted by Crippen LogP contribution is -2.45. The number of hydrogen-bond acceptors (Lipinski definition) is 4. The van der Waals surface area contributed by atoms with Crippen molar-refractivity contribution >= 4 is 11.3 Å². The zero-order valence-electron chi connectivity index (χ0n) is 11.0. The van der Waals surface area contributed by atoms with Gasteiger partial charge in [0.2, 0.25) is 0 Å². The second kappa shape index (κ2) is 5.04. The predicted octanol–water partition coefficient (Wildman–Crippen LogP) is 2.65. The molecule has 1 aromatic rings. The van der Waals surface area contributed by atoms with Crippen molar-refractivity contribution in [1.82, 2.24) is 10.4 Å². The minimum atomic E-state index is 0.356. The number of hydrogen-bond donors (Lipinski definition) is 2. The molecule has 1 saturated carbocycles. The standard InChI is InChI=1S/C13H23N3S/c1-9-15-10(8-17-9)7-12(16-14)11-5-4-6-13(11,2)3/h8,11-12,16H,4-7,14H2,1-3H3. The highest BCUT2D eigenvalue weighted by atomic mass is 32.1. The Hall–Kier alpha value is -0.450. The van der Waals surface area contributed by atoms with Crippen LogP contribution in [-0.2, 0) is 6.42 Å². The molecule has 0 bridgehead atoms. The first-order chi connectivity index (χ1) is 8.03. The van der Waals surface area contributed by atoms with Gasteiger partial charge in [-0.2, -0.15) is 0 Å². The van der Waals surface area contributed by atoms with Crippen LogP contribution in [0.5, 0.6) is 0 Å². The zero-order valence-corrected chi connectivity index (χ0v) is 11.8. The van der Waals surface area contributed by atoms with Gasteiger partial charge in [-0.15, -0.1) is 11.3 Å². The van der Waals surface area contributed by atoms with Crippen LogP contribution in [0.25, 0.3) is 0 Å². The van der Waals surface area contributed by atoms with Gasteiger partial charge < -0.3 is 0 Å². The minimum Gasteiger partial charge on any atom is -0.271 e. The highest BCUT2D eigenvalue weighted by Gasteiger charge is 2.39. The second-order valence-corrected chi connectivity index (χ2v) is 6.88. The van der Waals surface area contributed by atoms with Gasteiger partial charge in [0.05, 0.1) is 10.7 Å². The molecule has 0 aromatic carbocycles. The lowest BCUT2D eigenvalue weighted by atomic mass is 9.76. The van der Waals surface area contributed by atoms with Gasteiger partial charge in [0, 0.05) is 17.8 Å². The van der Waals surface area contributed by atoms with E-state index < -0.39 is 0 Å². The molecule has 2 rings (SSSR count). The molecule has 3 N–H and O–H groups in total.